The molecule has 1 aromatic rings. The van der Waals surface area contributed by atoms with Crippen LogP contribution in [0.15, 0.2) is 12.3 Å². The molecule has 1 fully saturated rings. The molecule has 7 heteroatoms. The molecule has 2 atom stereocenters. The number of carbonyl (C=O) groups is 1. The Kier molecular flexibility index (Phi) is 3.87. The van der Waals surface area contributed by atoms with Crippen molar-refractivity contribution < 1.29 is 14.8 Å². The summed E-state index contributed by atoms with van der Waals surface area (Å²) in [5.74, 6) is 0.143. The van der Waals surface area contributed by atoms with E-state index in [2.05, 4.69) is 18.8 Å². The second kappa shape index (κ2) is 5.44. The van der Waals surface area contributed by atoms with E-state index in [9.17, 15) is 20.0 Å². The van der Waals surface area contributed by atoms with Crippen molar-refractivity contribution in [2.75, 3.05) is 18.0 Å². The third-order valence-corrected chi connectivity index (χ3v) is 3.93. The lowest BCUT2D eigenvalue weighted by molar-refractivity contribution is -0.385. The smallest absolute Gasteiger partial charge is 0.339 e. The summed E-state index contributed by atoms with van der Waals surface area (Å²) in [6, 6.07) is 1.08. The Labute approximate surface area is 116 Å². The van der Waals surface area contributed by atoms with Crippen molar-refractivity contribution in [3.8, 4) is 0 Å². The van der Waals surface area contributed by atoms with Crippen molar-refractivity contribution in [3.63, 3.8) is 0 Å². The molecule has 0 radical (unpaired) electrons. The van der Waals surface area contributed by atoms with Crippen molar-refractivity contribution in [2.45, 2.75) is 20.3 Å². The first-order chi connectivity index (χ1) is 9.40. The highest BCUT2D eigenvalue weighted by molar-refractivity contribution is 5.94. The van der Waals surface area contributed by atoms with Gasteiger partial charge in [-0.3, -0.25) is 10.1 Å². The number of nitro groups is 1. The molecule has 0 aliphatic carbocycles. The van der Waals surface area contributed by atoms with Gasteiger partial charge in [-0.15, -0.1) is 0 Å². The van der Waals surface area contributed by atoms with Gasteiger partial charge in [0.25, 0.3) is 5.69 Å². The van der Waals surface area contributed by atoms with Gasteiger partial charge in [0, 0.05) is 19.2 Å². The van der Waals surface area contributed by atoms with Crippen LogP contribution >= 0.6 is 0 Å². The number of pyridine rings is 1. The summed E-state index contributed by atoms with van der Waals surface area (Å²) in [6.45, 7) is 5.72. The first kappa shape index (κ1) is 14.2. The Bertz CT molecular complexity index is 546. The van der Waals surface area contributed by atoms with E-state index in [1.165, 1.54) is 0 Å². The molecular formula is C13H17N3O4. The lowest BCUT2D eigenvalue weighted by atomic mass is 9.88. The number of anilines is 1. The van der Waals surface area contributed by atoms with Crippen LogP contribution in [0, 0.1) is 22.0 Å². The van der Waals surface area contributed by atoms with Gasteiger partial charge in [-0.1, -0.05) is 13.8 Å². The van der Waals surface area contributed by atoms with Gasteiger partial charge >= 0.3 is 5.97 Å². The minimum atomic E-state index is -1.19. The topological polar surface area (TPSA) is 96.6 Å². The first-order valence-corrected chi connectivity index (χ1v) is 6.52. The predicted molar refractivity (Wildman–Crippen MR) is 73.0 cm³/mol. The van der Waals surface area contributed by atoms with Crippen molar-refractivity contribution in [2.24, 2.45) is 11.8 Å². The maximum atomic E-state index is 11.3. The third-order valence-electron chi connectivity index (χ3n) is 3.93. The summed E-state index contributed by atoms with van der Waals surface area (Å²) in [5.41, 5.74) is -0.412. The van der Waals surface area contributed by atoms with Crippen LogP contribution in [0.25, 0.3) is 0 Å². The fraction of sp³-hybridized carbons (Fsp3) is 0.538. The highest BCUT2D eigenvalue weighted by atomic mass is 16.6. The molecule has 2 unspecified atom stereocenters. The lowest BCUT2D eigenvalue weighted by Gasteiger charge is -2.36. The zero-order valence-corrected chi connectivity index (χ0v) is 11.4. The average Bonchev–Trinajstić information content (AvgIpc) is 2.41. The first-order valence-electron chi connectivity index (χ1n) is 6.52. The highest BCUT2D eigenvalue weighted by Crippen LogP contribution is 2.29. The SMILES string of the molecule is CC1CCN(c2ncc([N+](=O)[O-])cc2C(=O)O)CC1C. The Hall–Kier alpha value is -2.18. The lowest BCUT2D eigenvalue weighted by Crippen LogP contribution is -2.39. The van der Waals surface area contributed by atoms with Gasteiger partial charge in [0.2, 0.25) is 0 Å². The molecule has 1 aliphatic heterocycles. The number of aromatic carboxylic acids is 1. The number of hydrogen-bond donors (Lipinski definition) is 1. The third kappa shape index (κ3) is 2.71. The molecule has 1 aliphatic rings. The van der Waals surface area contributed by atoms with Gasteiger partial charge in [-0.05, 0) is 18.3 Å². The molecule has 2 rings (SSSR count). The molecule has 1 aromatic heterocycles. The van der Waals surface area contributed by atoms with Crippen LogP contribution in [0.1, 0.15) is 30.6 Å². The number of rotatable bonds is 3. The number of nitrogens with zero attached hydrogens (tertiary/aromatic N) is 3. The summed E-state index contributed by atoms with van der Waals surface area (Å²) in [6.07, 6.45) is 2.07. The number of aromatic nitrogens is 1. The largest absolute Gasteiger partial charge is 0.478 e. The van der Waals surface area contributed by atoms with E-state index < -0.39 is 10.9 Å². The van der Waals surface area contributed by atoms with E-state index in [1.807, 2.05) is 4.90 Å². The highest BCUT2D eigenvalue weighted by Gasteiger charge is 2.27. The molecule has 0 bridgehead atoms. The number of hydrogen-bond acceptors (Lipinski definition) is 5. The molecule has 2 heterocycles. The van der Waals surface area contributed by atoms with E-state index >= 15 is 0 Å². The van der Waals surface area contributed by atoms with Crippen LogP contribution in [0.3, 0.4) is 0 Å². The Morgan fingerprint density at radius 1 is 1.50 bits per heavy atom. The van der Waals surface area contributed by atoms with Crippen LogP contribution in [0.5, 0.6) is 0 Å². The fourth-order valence-electron chi connectivity index (χ4n) is 2.41. The molecule has 20 heavy (non-hydrogen) atoms. The van der Waals surface area contributed by atoms with Gasteiger partial charge < -0.3 is 10.0 Å². The number of carboxylic acids is 1. The molecule has 1 N–H and O–H groups in total. The van der Waals surface area contributed by atoms with E-state index in [1.54, 1.807) is 0 Å². The maximum absolute atomic E-state index is 11.3. The quantitative estimate of drug-likeness (QED) is 0.672. The summed E-state index contributed by atoms with van der Waals surface area (Å²) in [4.78, 5) is 27.3. The van der Waals surface area contributed by atoms with Crippen LogP contribution in [0.2, 0.25) is 0 Å². The van der Waals surface area contributed by atoms with Gasteiger partial charge in [-0.25, -0.2) is 9.78 Å². The molecule has 108 valence electrons. The summed E-state index contributed by atoms with van der Waals surface area (Å²) >= 11 is 0. The maximum Gasteiger partial charge on any atom is 0.339 e. The zero-order chi connectivity index (χ0) is 14.9. The van der Waals surface area contributed by atoms with Crippen molar-refractivity contribution in [3.05, 3.63) is 27.9 Å². The number of piperidine rings is 1. The predicted octanol–water partition coefficient (Wildman–Crippen LogP) is 2.17. The minimum Gasteiger partial charge on any atom is -0.478 e. The summed E-state index contributed by atoms with van der Waals surface area (Å²) in [7, 11) is 0. The van der Waals surface area contributed by atoms with Crippen molar-refractivity contribution in [1.82, 2.24) is 4.98 Å². The normalized spacial score (nSPS) is 22.6. The molecule has 0 spiro atoms. The molecular weight excluding hydrogens is 262 g/mol. The average molecular weight is 279 g/mol. The molecule has 1 saturated heterocycles. The van der Waals surface area contributed by atoms with Crippen molar-refractivity contribution in [1.29, 1.82) is 0 Å². The zero-order valence-electron chi connectivity index (χ0n) is 11.4. The Morgan fingerprint density at radius 2 is 2.20 bits per heavy atom. The summed E-state index contributed by atoms with van der Waals surface area (Å²) in [5, 5.41) is 19.9. The second-order valence-corrected chi connectivity index (χ2v) is 5.32. The Morgan fingerprint density at radius 3 is 2.75 bits per heavy atom. The molecule has 0 aromatic carbocycles. The van der Waals surface area contributed by atoms with E-state index in [4.69, 9.17) is 0 Å². The van der Waals surface area contributed by atoms with Crippen molar-refractivity contribution >= 4 is 17.5 Å². The fourth-order valence-corrected chi connectivity index (χ4v) is 2.41. The van der Waals surface area contributed by atoms with Crippen LogP contribution in [-0.2, 0) is 0 Å². The van der Waals surface area contributed by atoms with Crippen LogP contribution in [0.4, 0.5) is 11.5 Å². The van der Waals surface area contributed by atoms with E-state index in [0.29, 0.717) is 24.2 Å². The van der Waals surface area contributed by atoms with Gasteiger partial charge in [0.1, 0.15) is 17.6 Å². The van der Waals surface area contributed by atoms with Crippen LogP contribution < -0.4 is 4.90 Å². The number of carboxylic acid groups (broad SMARTS) is 1. The van der Waals surface area contributed by atoms with Crippen LogP contribution in [-0.4, -0.2) is 34.1 Å². The minimum absolute atomic E-state index is 0.110. The van der Waals surface area contributed by atoms with Gasteiger partial charge in [0.05, 0.1) is 4.92 Å². The Balaban J connectivity index is 2.36. The van der Waals surface area contributed by atoms with Gasteiger partial charge in [0.15, 0.2) is 0 Å². The molecule has 7 nitrogen and oxygen atoms in total. The monoisotopic (exact) mass is 279 g/mol. The van der Waals surface area contributed by atoms with E-state index in [-0.39, 0.29) is 11.3 Å². The summed E-state index contributed by atoms with van der Waals surface area (Å²) < 4.78 is 0. The standard InChI is InChI=1S/C13H17N3O4/c1-8-3-4-15(7-9(8)2)12-11(13(17)18)5-10(6-14-12)16(19)20/h5-6,8-9H,3-4,7H2,1-2H3,(H,17,18). The second-order valence-electron chi connectivity index (χ2n) is 5.32. The molecule has 0 amide bonds. The van der Waals surface area contributed by atoms with E-state index in [0.717, 1.165) is 25.2 Å². The molecule has 0 saturated carbocycles. The van der Waals surface area contributed by atoms with Gasteiger partial charge in [-0.2, -0.15) is 0 Å².